The molecule has 0 atom stereocenters. The molecular formula is C16H16N4O. The molecule has 0 saturated carbocycles. The molecule has 2 aromatic rings. The second-order valence-corrected chi connectivity index (χ2v) is 5.73. The number of nitrogens with one attached hydrogen (secondary N) is 1. The van der Waals surface area contributed by atoms with E-state index < -0.39 is 0 Å². The molecule has 0 unspecified atom stereocenters. The maximum atomic E-state index is 9.46. The van der Waals surface area contributed by atoms with Crippen LogP contribution in [0.15, 0.2) is 30.3 Å². The molecular weight excluding hydrogens is 264 g/mol. The lowest BCUT2D eigenvalue weighted by molar-refractivity contribution is -0.0428. The van der Waals surface area contributed by atoms with Gasteiger partial charge < -0.3 is 4.74 Å². The molecule has 2 heterocycles. The van der Waals surface area contributed by atoms with Crippen molar-refractivity contribution >= 4 is 0 Å². The molecule has 0 saturated heterocycles. The molecule has 1 aromatic carbocycles. The number of hydrogen-bond donors (Lipinski definition) is 1. The largest absolute Gasteiger partial charge is 0.369 e. The minimum absolute atomic E-state index is 0.125. The van der Waals surface area contributed by atoms with E-state index in [-0.39, 0.29) is 11.1 Å². The second-order valence-electron chi connectivity index (χ2n) is 5.73. The van der Waals surface area contributed by atoms with E-state index in [0.717, 1.165) is 16.9 Å². The van der Waals surface area contributed by atoms with Crippen molar-refractivity contribution in [2.75, 3.05) is 0 Å². The van der Waals surface area contributed by atoms with Crippen LogP contribution in [0, 0.1) is 16.7 Å². The molecule has 3 rings (SSSR count). The van der Waals surface area contributed by atoms with Crippen LogP contribution in [0.5, 0.6) is 0 Å². The lowest BCUT2D eigenvalue weighted by Gasteiger charge is -2.31. The number of fused-ring (bicyclic) bond motifs is 1. The summed E-state index contributed by atoms with van der Waals surface area (Å²) in [6.07, 6.45) is 0.597. The van der Waals surface area contributed by atoms with Gasteiger partial charge in [0.25, 0.3) is 0 Å². The zero-order chi connectivity index (χ0) is 15.0. The van der Waals surface area contributed by atoms with Crippen molar-refractivity contribution in [1.82, 2.24) is 9.78 Å². The summed E-state index contributed by atoms with van der Waals surface area (Å²) in [5.74, 6) is 0. The van der Waals surface area contributed by atoms with E-state index in [1.807, 2.05) is 44.2 Å². The summed E-state index contributed by atoms with van der Waals surface area (Å²) in [6, 6.07) is 11.6. The fraction of sp³-hybridized carbons (Fsp3) is 0.312. The summed E-state index contributed by atoms with van der Waals surface area (Å²) in [7, 11) is 0. The zero-order valence-electron chi connectivity index (χ0n) is 12.1. The Morgan fingerprint density at radius 2 is 2.05 bits per heavy atom. The van der Waals surface area contributed by atoms with Crippen molar-refractivity contribution < 1.29 is 4.74 Å². The third-order valence-electron chi connectivity index (χ3n) is 3.63. The Balaban J connectivity index is 2.24. The number of hydrogen-bond acceptors (Lipinski definition) is 4. The molecule has 106 valence electrons. The van der Waals surface area contributed by atoms with E-state index in [1.54, 1.807) is 0 Å². The summed E-state index contributed by atoms with van der Waals surface area (Å²) < 4.78 is 7.27. The Kier molecular flexibility index (Phi) is 3.11. The first-order valence-corrected chi connectivity index (χ1v) is 6.81. The average molecular weight is 280 g/mol. The molecule has 1 aliphatic rings. The van der Waals surface area contributed by atoms with Crippen LogP contribution in [0.1, 0.15) is 30.7 Å². The van der Waals surface area contributed by atoms with Gasteiger partial charge in [-0.25, -0.2) is 4.68 Å². The first-order valence-electron chi connectivity index (χ1n) is 6.81. The standard InChI is InChI=1S/C16H16N4O/c1-16(2)8-12-13(9-17)15(18)20(19-14(12)10-21-16)11-6-4-3-5-7-11/h3-7,18H,8,10H2,1-2H3. The molecule has 0 fully saturated rings. The molecule has 21 heavy (non-hydrogen) atoms. The minimum atomic E-state index is -0.328. The summed E-state index contributed by atoms with van der Waals surface area (Å²) in [4.78, 5) is 0. The van der Waals surface area contributed by atoms with E-state index in [1.165, 1.54) is 4.68 Å². The summed E-state index contributed by atoms with van der Waals surface area (Å²) >= 11 is 0. The van der Waals surface area contributed by atoms with E-state index in [0.29, 0.717) is 18.6 Å². The molecule has 1 aliphatic heterocycles. The highest BCUT2D eigenvalue weighted by atomic mass is 16.5. The molecule has 5 nitrogen and oxygen atoms in total. The number of benzene rings is 1. The van der Waals surface area contributed by atoms with Crippen molar-refractivity contribution in [2.45, 2.75) is 32.5 Å². The van der Waals surface area contributed by atoms with Gasteiger partial charge >= 0.3 is 0 Å². The predicted molar refractivity (Wildman–Crippen MR) is 76.7 cm³/mol. The Hall–Kier alpha value is -2.45. The van der Waals surface area contributed by atoms with Crippen molar-refractivity contribution in [3.63, 3.8) is 0 Å². The Morgan fingerprint density at radius 3 is 2.71 bits per heavy atom. The van der Waals surface area contributed by atoms with Gasteiger partial charge in [0, 0.05) is 12.0 Å². The van der Waals surface area contributed by atoms with Gasteiger partial charge in [-0.1, -0.05) is 18.2 Å². The van der Waals surface area contributed by atoms with E-state index in [2.05, 4.69) is 11.2 Å². The SMILES string of the molecule is CC1(C)Cc2c(nn(-c3ccccc3)c(=N)c2C#N)CO1. The van der Waals surface area contributed by atoms with E-state index in [4.69, 9.17) is 10.1 Å². The molecule has 0 spiro atoms. The Bertz CT molecular complexity index is 784. The van der Waals surface area contributed by atoms with Crippen LogP contribution in [-0.4, -0.2) is 15.4 Å². The highest BCUT2D eigenvalue weighted by Crippen LogP contribution is 2.27. The predicted octanol–water partition coefficient (Wildman–Crippen LogP) is 2.07. The Morgan fingerprint density at radius 1 is 1.33 bits per heavy atom. The lowest BCUT2D eigenvalue weighted by atomic mass is 9.92. The number of nitriles is 1. The average Bonchev–Trinajstić information content (AvgIpc) is 2.47. The summed E-state index contributed by atoms with van der Waals surface area (Å²) in [6.45, 7) is 4.34. The minimum Gasteiger partial charge on any atom is -0.369 e. The molecule has 5 heteroatoms. The molecule has 1 aromatic heterocycles. The van der Waals surface area contributed by atoms with Gasteiger partial charge in [0.15, 0.2) is 5.49 Å². The number of aromatic nitrogens is 2. The molecule has 0 radical (unpaired) electrons. The summed E-state index contributed by atoms with van der Waals surface area (Å²) in [5, 5.41) is 22.3. The van der Waals surface area contributed by atoms with Gasteiger partial charge in [0.1, 0.15) is 11.6 Å². The monoisotopic (exact) mass is 280 g/mol. The number of rotatable bonds is 1. The number of ether oxygens (including phenoxy) is 1. The van der Waals surface area contributed by atoms with Gasteiger partial charge in [-0.2, -0.15) is 10.4 Å². The number of para-hydroxylation sites is 1. The molecule has 0 bridgehead atoms. The van der Waals surface area contributed by atoms with E-state index in [9.17, 15) is 5.26 Å². The third kappa shape index (κ3) is 2.34. The highest BCUT2D eigenvalue weighted by Gasteiger charge is 2.30. The van der Waals surface area contributed by atoms with Gasteiger partial charge in [-0.15, -0.1) is 0 Å². The van der Waals surface area contributed by atoms with Crippen molar-refractivity contribution in [2.24, 2.45) is 0 Å². The fourth-order valence-electron chi connectivity index (χ4n) is 2.55. The molecule has 0 aliphatic carbocycles. The fourth-order valence-corrected chi connectivity index (χ4v) is 2.55. The Labute approximate surface area is 122 Å². The first kappa shape index (κ1) is 13.5. The topological polar surface area (TPSA) is 74.7 Å². The molecule has 0 amide bonds. The van der Waals surface area contributed by atoms with Gasteiger partial charge in [-0.05, 0) is 26.0 Å². The van der Waals surface area contributed by atoms with Gasteiger partial charge in [0.2, 0.25) is 0 Å². The van der Waals surface area contributed by atoms with Crippen LogP contribution in [0.4, 0.5) is 0 Å². The van der Waals surface area contributed by atoms with Crippen LogP contribution < -0.4 is 5.49 Å². The van der Waals surface area contributed by atoms with Crippen molar-refractivity contribution in [1.29, 1.82) is 10.7 Å². The number of nitrogens with zero attached hydrogens (tertiary/aromatic N) is 3. The van der Waals surface area contributed by atoms with Crippen LogP contribution in [-0.2, 0) is 17.8 Å². The zero-order valence-corrected chi connectivity index (χ0v) is 12.1. The van der Waals surface area contributed by atoms with Gasteiger partial charge in [-0.3, -0.25) is 5.41 Å². The molecule has 1 N–H and O–H groups in total. The maximum Gasteiger partial charge on any atom is 0.164 e. The maximum absolute atomic E-state index is 9.46. The van der Waals surface area contributed by atoms with Crippen molar-refractivity contribution in [3.05, 3.63) is 52.6 Å². The smallest absolute Gasteiger partial charge is 0.164 e. The quantitative estimate of drug-likeness (QED) is 0.869. The van der Waals surface area contributed by atoms with Crippen LogP contribution >= 0.6 is 0 Å². The van der Waals surface area contributed by atoms with Crippen molar-refractivity contribution in [3.8, 4) is 11.8 Å². The van der Waals surface area contributed by atoms with E-state index >= 15 is 0 Å². The van der Waals surface area contributed by atoms with Gasteiger partial charge in [0.05, 0.1) is 23.6 Å². The van der Waals surface area contributed by atoms with Crippen LogP contribution in [0.2, 0.25) is 0 Å². The van der Waals surface area contributed by atoms with Crippen LogP contribution in [0.3, 0.4) is 0 Å². The van der Waals surface area contributed by atoms with Crippen LogP contribution in [0.25, 0.3) is 5.69 Å². The highest BCUT2D eigenvalue weighted by molar-refractivity contribution is 5.42. The second kappa shape index (κ2) is 4.83. The third-order valence-corrected chi connectivity index (χ3v) is 3.63. The lowest BCUT2D eigenvalue weighted by Crippen LogP contribution is -2.37. The normalized spacial score (nSPS) is 16.0. The first-order chi connectivity index (χ1) is 10.0. The summed E-state index contributed by atoms with van der Waals surface area (Å²) in [5.41, 5.74) is 2.54.